The number of carbonyl (C=O) groups is 2. The molecule has 0 unspecified atom stereocenters. The first-order valence-electron chi connectivity index (χ1n) is 8.45. The van der Waals surface area contributed by atoms with Gasteiger partial charge in [-0.15, -0.1) is 0 Å². The van der Waals surface area contributed by atoms with Gasteiger partial charge in [0.05, 0.1) is 21.7 Å². The molecule has 0 atom stereocenters. The first kappa shape index (κ1) is 18.5. The summed E-state index contributed by atoms with van der Waals surface area (Å²) in [5, 5.41) is 11.0. The fourth-order valence-electron chi connectivity index (χ4n) is 3.01. The Kier molecular flexibility index (Phi) is 5.44. The molecule has 1 saturated heterocycles. The molecule has 7 nitrogen and oxygen atoms in total. The van der Waals surface area contributed by atoms with Gasteiger partial charge in [0.1, 0.15) is 5.82 Å². The molecule has 1 aliphatic rings. The van der Waals surface area contributed by atoms with Crippen LogP contribution in [0, 0.1) is 15.9 Å². The van der Waals surface area contributed by atoms with Crippen molar-refractivity contribution in [2.24, 2.45) is 0 Å². The molecule has 1 fully saturated rings. The summed E-state index contributed by atoms with van der Waals surface area (Å²) < 4.78 is 18.7. The van der Waals surface area contributed by atoms with Crippen LogP contribution in [0.1, 0.15) is 33.6 Å². The summed E-state index contributed by atoms with van der Waals surface area (Å²) >= 11 is 0. The van der Waals surface area contributed by atoms with E-state index in [1.165, 1.54) is 30.3 Å². The van der Waals surface area contributed by atoms with Gasteiger partial charge in [-0.3, -0.25) is 14.9 Å². The Hall–Kier alpha value is -3.29. The van der Waals surface area contributed by atoms with Crippen LogP contribution in [0.2, 0.25) is 0 Å². The number of anilines is 1. The lowest BCUT2D eigenvalue weighted by Gasteiger charge is -2.20. The Morgan fingerprint density at radius 3 is 2.48 bits per heavy atom. The molecule has 1 aliphatic heterocycles. The third kappa shape index (κ3) is 4.11. The second-order valence-corrected chi connectivity index (χ2v) is 6.13. The van der Waals surface area contributed by atoms with Crippen LogP contribution in [0.3, 0.4) is 0 Å². The monoisotopic (exact) mass is 372 g/mol. The van der Waals surface area contributed by atoms with Gasteiger partial charge < -0.3 is 9.64 Å². The van der Waals surface area contributed by atoms with E-state index in [0.717, 1.165) is 38.1 Å². The number of non-ortho nitro benzene ring substituents is 1. The number of carbonyl (C=O) groups excluding carboxylic acids is 2. The topological polar surface area (TPSA) is 89.8 Å². The summed E-state index contributed by atoms with van der Waals surface area (Å²) in [6, 6.07) is 9.38. The van der Waals surface area contributed by atoms with Crippen LogP contribution in [-0.4, -0.2) is 36.4 Å². The molecule has 0 spiro atoms. The van der Waals surface area contributed by atoms with E-state index in [0.29, 0.717) is 5.69 Å². The fraction of sp³-hybridized carbons (Fsp3) is 0.263. The van der Waals surface area contributed by atoms with E-state index in [-0.39, 0.29) is 16.8 Å². The van der Waals surface area contributed by atoms with Crippen LogP contribution >= 0.6 is 0 Å². The Labute approximate surface area is 154 Å². The molecule has 0 amide bonds. The molecule has 1 heterocycles. The molecule has 8 heteroatoms. The van der Waals surface area contributed by atoms with Gasteiger partial charge in [-0.05, 0) is 31.0 Å². The lowest BCUT2D eigenvalue weighted by atomic mass is 10.1. The van der Waals surface area contributed by atoms with Crippen LogP contribution in [0.25, 0.3) is 0 Å². The predicted molar refractivity (Wildman–Crippen MR) is 95.6 cm³/mol. The van der Waals surface area contributed by atoms with Crippen molar-refractivity contribution in [3.8, 4) is 0 Å². The minimum atomic E-state index is -0.856. The van der Waals surface area contributed by atoms with E-state index in [4.69, 9.17) is 4.74 Å². The van der Waals surface area contributed by atoms with Crippen molar-refractivity contribution < 1.29 is 23.6 Å². The quantitative estimate of drug-likeness (QED) is 0.334. The standard InChI is InChI=1S/C19H17FN2O5/c20-16-6-2-1-5-14(16)18(23)12-27-19(24)15-11-13(22(25)26)7-8-17(15)21-9-3-4-10-21/h1-2,5-8,11H,3-4,9-10,12H2. The average molecular weight is 372 g/mol. The van der Waals surface area contributed by atoms with E-state index >= 15 is 0 Å². The maximum absolute atomic E-state index is 13.7. The normalized spacial score (nSPS) is 13.4. The van der Waals surface area contributed by atoms with E-state index in [2.05, 4.69) is 0 Å². The number of nitro groups is 1. The van der Waals surface area contributed by atoms with Crippen molar-refractivity contribution >= 4 is 23.1 Å². The van der Waals surface area contributed by atoms with Gasteiger partial charge in [0, 0.05) is 25.2 Å². The Morgan fingerprint density at radius 1 is 1.11 bits per heavy atom. The molecule has 0 radical (unpaired) electrons. The summed E-state index contributed by atoms with van der Waals surface area (Å²) in [6.07, 6.45) is 1.91. The molecule has 0 aromatic heterocycles. The minimum Gasteiger partial charge on any atom is -0.454 e. The minimum absolute atomic E-state index is 0.0208. The van der Waals surface area contributed by atoms with Gasteiger partial charge in [-0.25, -0.2) is 9.18 Å². The molecule has 3 rings (SSSR count). The molecule has 2 aromatic carbocycles. The molecule has 140 valence electrons. The number of ether oxygens (including phenoxy) is 1. The highest BCUT2D eigenvalue weighted by atomic mass is 19.1. The largest absolute Gasteiger partial charge is 0.454 e. The summed E-state index contributed by atoms with van der Waals surface area (Å²) in [6.45, 7) is 0.806. The van der Waals surface area contributed by atoms with Gasteiger partial charge in [0.25, 0.3) is 5.69 Å². The predicted octanol–water partition coefficient (Wildman–Crippen LogP) is 3.37. The molecular weight excluding hydrogens is 355 g/mol. The molecule has 0 aliphatic carbocycles. The molecule has 27 heavy (non-hydrogen) atoms. The number of hydrogen-bond acceptors (Lipinski definition) is 6. The maximum atomic E-state index is 13.7. The zero-order chi connectivity index (χ0) is 19.4. The number of nitrogens with zero attached hydrogens (tertiary/aromatic N) is 2. The average Bonchev–Trinajstić information content (AvgIpc) is 3.20. The Balaban J connectivity index is 1.80. The Bertz CT molecular complexity index is 893. The number of halogens is 1. The van der Waals surface area contributed by atoms with Crippen LogP contribution in [0.15, 0.2) is 42.5 Å². The highest BCUT2D eigenvalue weighted by Gasteiger charge is 2.24. The summed E-state index contributed by atoms with van der Waals surface area (Å²) in [5.74, 6) is -2.24. The van der Waals surface area contributed by atoms with E-state index in [1.54, 1.807) is 0 Å². The lowest BCUT2D eigenvalue weighted by molar-refractivity contribution is -0.384. The third-order valence-electron chi connectivity index (χ3n) is 4.37. The second-order valence-electron chi connectivity index (χ2n) is 6.13. The highest BCUT2D eigenvalue weighted by molar-refractivity contribution is 6.01. The number of hydrogen-bond donors (Lipinski definition) is 0. The lowest BCUT2D eigenvalue weighted by Crippen LogP contribution is -2.22. The van der Waals surface area contributed by atoms with Crippen LogP contribution in [0.4, 0.5) is 15.8 Å². The number of benzene rings is 2. The van der Waals surface area contributed by atoms with Crippen molar-refractivity contribution in [3.05, 3.63) is 69.5 Å². The van der Waals surface area contributed by atoms with E-state index in [9.17, 15) is 24.1 Å². The number of Topliss-reactive ketones (excluding diaryl/α,β-unsaturated/α-hetero) is 1. The summed E-state index contributed by atoms with van der Waals surface area (Å²) in [7, 11) is 0. The van der Waals surface area contributed by atoms with Crippen LogP contribution < -0.4 is 4.90 Å². The first-order valence-corrected chi connectivity index (χ1v) is 8.45. The summed E-state index contributed by atoms with van der Waals surface area (Å²) in [5.41, 5.74) is 0.128. The number of nitro benzene ring substituents is 1. The van der Waals surface area contributed by atoms with Gasteiger partial charge in [-0.2, -0.15) is 0 Å². The van der Waals surface area contributed by atoms with Gasteiger partial charge >= 0.3 is 5.97 Å². The molecule has 2 aromatic rings. The zero-order valence-corrected chi connectivity index (χ0v) is 14.4. The van der Waals surface area contributed by atoms with Crippen LogP contribution in [0.5, 0.6) is 0 Å². The smallest absolute Gasteiger partial charge is 0.340 e. The van der Waals surface area contributed by atoms with E-state index < -0.39 is 29.1 Å². The third-order valence-corrected chi connectivity index (χ3v) is 4.37. The molecule has 0 saturated carbocycles. The highest BCUT2D eigenvalue weighted by Crippen LogP contribution is 2.29. The van der Waals surface area contributed by atoms with Crippen molar-refractivity contribution in [3.63, 3.8) is 0 Å². The van der Waals surface area contributed by atoms with Crippen molar-refractivity contribution in [1.82, 2.24) is 0 Å². The van der Waals surface area contributed by atoms with Crippen molar-refractivity contribution in [2.75, 3.05) is 24.6 Å². The summed E-state index contributed by atoms with van der Waals surface area (Å²) in [4.78, 5) is 37.0. The van der Waals surface area contributed by atoms with E-state index in [1.807, 2.05) is 4.90 Å². The van der Waals surface area contributed by atoms with Crippen molar-refractivity contribution in [1.29, 1.82) is 0 Å². The number of rotatable bonds is 6. The number of ketones is 1. The molecule has 0 N–H and O–H groups in total. The molecule has 0 bridgehead atoms. The van der Waals surface area contributed by atoms with Gasteiger partial charge in [-0.1, -0.05) is 12.1 Å². The molecular formula is C19H17FN2O5. The zero-order valence-electron chi connectivity index (χ0n) is 14.4. The van der Waals surface area contributed by atoms with Gasteiger partial charge in [0.2, 0.25) is 5.78 Å². The van der Waals surface area contributed by atoms with Gasteiger partial charge in [0.15, 0.2) is 6.61 Å². The number of esters is 1. The SMILES string of the molecule is O=C(COC(=O)c1cc([N+](=O)[O-])ccc1N1CCCC1)c1ccccc1F. The Morgan fingerprint density at radius 2 is 1.81 bits per heavy atom. The first-order chi connectivity index (χ1) is 13.0. The maximum Gasteiger partial charge on any atom is 0.340 e. The fourth-order valence-corrected chi connectivity index (χ4v) is 3.01. The van der Waals surface area contributed by atoms with Crippen molar-refractivity contribution in [2.45, 2.75) is 12.8 Å². The second kappa shape index (κ2) is 7.94. The van der Waals surface area contributed by atoms with Crippen LogP contribution in [-0.2, 0) is 4.74 Å².